The summed E-state index contributed by atoms with van der Waals surface area (Å²) in [6.07, 6.45) is 5.20. The molecule has 0 saturated carbocycles. The lowest BCUT2D eigenvalue weighted by Gasteiger charge is -2.12. The Balaban J connectivity index is 1.48. The van der Waals surface area contributed by atoms with E-state index in [0.29, 0.717) is 23.1 Å². The lowest BCUT2D eigenvalue weighted by atomic mass is 10.1. The van der Waals surface area contributed by atoms with Crippen LogP contribution in [0.5, 0.6) is 5.75 Å². The summed E-state index contributed by atoms with van der Waals surface area (Å²) in [5.41, 5.74) is 3.05. The van der Waals surface area contributed by atoms with Gasteiger partial charge in [-0.1, -0.05) is 12.1 Å². The maximum absolute atomic E-state index is 12.7. The number of fused-ring (bicyclic) bond motifs is 1. The average Bonchev–Trinajstić information content (AvgIpc) is 3.27. The highest BCUT2D eigenvalue weighted by Crippen LogP contribution is 2.25. The smallest absolute Gasteiger partial charge is 0.352 e. The van der Waals surface area contributed by atoms with Crippen molar-refractivity contribution in [1.82, 2.24) is 19.3 Å². The third kappa shape index (κ3) is 4.62. The molecule has 1 aromatic carbocycles. The minimum absolute atomic E-state index is 0.108. The van der Waals surface area contributed by atoms with Crippen LogP contribution >= 0.6 is 0 Å². The van der Waals surface area contributed by atoms with Crippen LogP contribution in [-0.2, 0) is 6.54 Å². The number of carbonyl (C=O) groups is 2. The van der Waals surface area contributed by atoms with Gasteiger partial charge in [0.15, 0.2) is 0 Å². The molecule has 33 heavy (non-hydrogen) atoms. The molecule has 3 aromatic heterocycles. The van der Waals surface area contributed by atoms with E-state index in [1.54, 1.807) is 55.5 Å². The number of hydrogen-bond donors (Lipinski definition) is 2. The van der Waals surface area contributed by atoms with Crippen LogP contribution in [0.25, 0.3) is 16.9 Å². The van der Waals surface area contributed by atoms with Gasteiger partial charge in [0.2, 0.25) is 0 Å². The van der Waals surface area contributed by atoms with Crippen LogP contribution in [0.1, 0.15) is 20.8 Å². The summed E-state index contributed by atoms with van der Waals surface area (Å²) in [6.45, 7) is 0.573. The van der Waals surface area contributed by atoms with E-state index >= 15 is 0 Å². The minimum Gasteiger partial charge on any atom is -0.497 e. The first-order valence-electron chi connectivity index (χ1n) is 10.3. The van der Waals surface area contributed by atoms with Crippen LogP contribution in [0.3, 0.4) is 0 Å². The Bertz CT molecular complexity index is 1400. The van der Waals surface area contributed by atoms with E-state index in [1.165, 1.54) is 6.07 Å². The monoisotopic (exact) mass is 445 g/mol. The predicted octanol–water partition coefficient (Wildman–Crippen LogP) is 2.47. The number of carbonyl (C=O) groups excluding carboxylic acids is 1. The Morgan fingerprint density at radius 1 is 1.15 bits per heavy atom. The second-order valence-electron chi connectivity index (χ2n) is 7.27. The van der Waals surface area contributed by atoms with Gasteiger partial charge in [0.05, 0.1) is 24.4 Å². The van der Waals surface area contributed by atoms with Crippen molar-refractivity contribution >= 4 is 17.5 Å². The van der Waals surface area contributed by atoms with Crippen molar-refractivity contribution < 1.29 is 19.4 Å². The number of benzene rings is 1. The molecule has 0 bridgehead atoms. The van der Waals surface area contributed by atoms with Gasteiger partial charge >= 0.3 is 5.97 Å². The molecule has 0 aliphatic rings. The number of amides is 1. The van der Waals surface area contributed by atoms with Crippen LogP contribution in [0.4, 0.5) is 0 Å². The number of aromatic nitrogens is 3. The summed E-state index contributed by atoms with van der Waals surface area (Å²) in [5, 5.41) is 12.8. The molecule has 3 heterocycles. The zero-order valence-corrected chi connectivity index (χ0v) is 18.2. The normalized spacial score (nSPS) is 11.5. The van der Waals surface area contributed by atoms with E-state index in [2.05, 4.69) is 15.3 Å². The van der Waals surface area contributed by atoms with Crippen molar-refractivity contribution in [1.29, 1.82) is 0 Å². The summed E-state index contributed by atoms with van der Waals surface area (Å²) in [4.78, 5) is 32.6. The van der Waals surface area contributed by atoms with E-state index < -0.39 is 5.97 Å². The van der Waals surface area contributed by atoms with E-state index in [1.807, 2.05) is 28.7 Å². The number of pyridine rings is 2. The lowest BCUT2D eigenvalue weighted by molar-refractivity contribution is 0.0684. The number of rotatable bonds is 7. The molecule has 4 rings (SSSR count). The first-order chi connectivity index (χ1) is 16.0. The fourth-order valence-electron chi connectivity index (χ4n) is 3.55. The van der Waals surface area contributed by atoms with Crippen LogP contribution in [-0.4, -0.2) is 51.6 Å². The van der Waals surface area contributed by atoms with Gasteiger partial charge in [-0.2, -0.15) is 0 Å². The Hall–Kier alpha value is -4.40. The first-order valence-corrected chi connectivity index (χ1v) is 10.3. The first kappa shape index (κ1) is 21.8. The quantitative estimate of drug-likeness (QED) is 0.454. The predicted molar refractivity (Wildman–Crippen MR) is 122 cm³/mol. The highest BCUT2D eigenvalue weighted by Gasteiger charge is 2.12. The minimum atomic E-state index is -1.05. The molecule has 0 spiro atoms. The maximum atomic E-state index is 12.7. The van der Waals surface area contributed by atoms with Crippen LogP contribution in [0.2, 0.25) is 0 Å². The molecule has 0 radical (unpaired) electrons. The molecule has 4 aromatic rings. The summed E-state index contributed by atoms with van der Waals surface area (Å²) in [7, 11) is 3.22. The number of nitrogens with zero attached hydrogens (tertiary/aromatic N) is 4. The summed E-state index contributed by atoms with van der Waals surface area (Å²) >= 11 is 0. The number of carboxylic acid groups (broad SMARTS) is 1. The van der Waals surface area contributed by atoms with Crippen molar-refractivity contribution in [3.05, 3.63) is 83.7 Å². The lowest BCUT2D eigenvalue weighted by Crippen LogP contribution is -2.29. The van der Waals surface area contributed by atoms with Crippen LogP contribution < -0.4 is 15.4 Å². The van der Waals surface area contributed by atoms with Gasteiger partial charge in [-0.05, 0) is 36.4 Å². The molecule has 0 saturated heterocycles. The van der Waals surface area contributed by atoms with Crippen molar-refractivity contribution in [3.63, 3.8) is 0 Å². The van der Waals surface area contributed by atoms with E-state index in [4.69, 9.17) is 4.74 Å². The number of nitrogens with one attached hydrogen (secondary N) is 1. The zero-order chi connectivity index (χ0) is 23.4. The fourth-order valence-corrected chi connectivity index (χ4v) is 3.55. The second-order valence-corrected chi connectivity index (χ2v) is 7.27. The van der Waals surface area contributed by atoms with Gasteiger partial charge in [0, 0.05) is 43.7 Å². The van der Waals surface area contributed by atoms with E-state index in [0.717, 1.165) is 17.0 Å². The van der Waals surface area contributed by atoms with Crippen molar-refractivity contribution in [3.8, 4) is 17.0 Å². The third-order valence-corrected chi connectivity index (χ3v) is 5.28. The Morgan fingerprint density at radius 3 is 2.76 bits per heavy atom. The highest BCUT2D eigenvalue weighted by atomic mass is 16.5. The van der Waals surface area contributed by atoms with Gasteiger partial charge in [0.1, 0.15) is 17.1 Å². The van der Waals surface area contributed by atoms with Crippen molar-refractivity contribution in [2.75, 3.05) is 20.7 Å². The fraction of sp³-hybridized carbons (Fsp3) is 0.167. The molecule has 0 aliphatic carbocycles. The zero-order valence-electron chi connectivity index (χ0n) is 18.2. The molecule has 0 aliphatic heterocycles. The SMILES string of the molecule is CN=c1ccn(CCNC(=O)c2ccn3c(-c4cccc(OC)c4)cnc3c2)c(C(=O)O)c1. The molecule has 0 atom stereocenters. The molecular weight excluding hydrogens is 422 g/mol. The number of ether oxygens (including phenoxy) is 1. The van der Waals surface area contributed by atoms with E-state index in [9.17, 15) is 14.7 Å². The average molecular weight is 445 g/mol. The molecule has 0 unspecified atom stereocenters. The van der Waals surface area contributed by atoms with Crippen molar-refractivity contribution in [2.45, 2.75) is 6.54 Å². The van der Waals surface area contributed by atoms with Crippen LogP contribution in [0.15, 0.2) is 72.1 Å². The molecule has 168 valence electrons. The van der Waals surface area contributed by atoms with E-state index in [-0.39, 0.29) is 18.1 Å². The topological polar surface area (TPSA) is 110 Å². The van der Waals surface area contributed by atoms with Gasteiger partial charge in [-0.15, -0.1) is 0 Å². The number of imidazole rings is 1. The molecule has 0 fully saturated rings. The molecule has 9 nitrogen and oxygen atoms in total. The standard InChI is InChI=1S/C24H23N5O4/c1-25-18-7-9-28(20(14-18)24(31)32)11-8-26-23(30)17-6-10-29-21(15-27-22(29)13-17)16-4-3-5-19(12-16)33-2/h3-7,9-10,12-15H,8,11H2,1-2H3,(H,26,30)(H,31,32). The van der Waals surface area contributed by atoms with Crippen molar-refractivity contribution in [2.24, 2.45) is 4.99 Å². The number of methoxy groups -OCH3 is 1. The van der Waals surface area contributed by atoms with Gasteiger partial charge < -0.3 is 19.7 Å². The number of carboxylic acids is 1. The maximum Gasteiger partial charge on any atom is 0.352 e. The van der Waals surface area contributed by atoms with Gasteiger partial charge in [-0.3, -0.25) is 14.2 Å². The second kappa shape index (κ2) is 9.39. The Kier molecular flexibility index (Phi) is 6.21. The molecule has 1 amide bonds. The Morgan fingerprint density at radius 2 is 2.00 bits per heavy atom. The molecule has 2 N–H and O–H groups in total. The Labute approximate surface area is 189 Å². The number of hydrogen-bond acceptors (Lipinski definition) is 5. The van der Waals surface area contributed by atoms with Gasteiger partial charge in [0.25, 0.3) is 5.91 Å². The number of aromatic carboxylic acids is 1. The highest BCUT2D eigenvalue weighted by molar-refractivity contribution is 5.95. The summed E-state index contributed by atoms with van der Waals surface area (Å²) in [5.74, 6) is -0.564. The largest absolute Gasteiger partial charge is 0.497 e. The van der Waals surface area contributed by atoms with Crippen LogP contribution in [0, 0.1) is 0 Å². The molecular formula is C24H23N5O4. The van der Waals surface area contributed by atoms with Gasteiger partial charge in [-0.25, -0.2) is 9.78 Å². The summed E-state index contributed by atoms with van der Waals surface area (Å²) < 4.78 is 8.76. The molecule has 9 heteroatoms. The third-order valence-electron chi connectivity index (χ3n) is 5.28. The summed E-state index contributed by atoms with van der Waals surface area (Å²) in [6, 6.07) is 14.3.